The third-order valence-corrected chi connectivity index (χ3v) is 2.45. The lowest BCUT2D eigenvalue weighted by Gasteiger charge is -2.13. The van der Waals surface area contributed by atoms with Gasteiger partial charge in [-0.1, -0.05) is 12.8 Å². The standard InChI is InChI=1S/C13H13F4N/c1-3-12(4-2)18-8-9-5-10(13(15,16)17)7-11(14)6-9/h1,5-7,12,18H,4,8H2,2H3. The maximum Gasteiger partial charge on any atom is 0.416 e. The molecule has 0 aliphatic rings. The molecule has 1 aromatic rings. The smallest absolute Gasteiger partial charge is 0.300 e. The minimum absolute atomic E-state index is 0.101. The van der Waals surface area contributed by atoms with Crippen molar-refractivity contribution in [3.05, 3.63) is 35.1 Å². The monoisotopic (exact) mass is 259 g/mol. The predicted octanol–water partition coefficient (Wildman–Crippen LogP) is 3.35. The van der Waals surface area contributed by atoms with Gasteiger partial charge in [-0.2, -0.15) is 13.2 Å². The molecule has 5 heteroatoms. The van der Waals surface area contributed by atoms with Crippen LogP contribution >= 0.6 is 0 Å². The summed E-state index contributed by atoms with van der Waals surface area (Å²) in [6.45, 7) is 1.95. The fourth-order valence-electron chi connectivity index (χ4n) is 1.48. The van der Waals surface area contributed by atoms with Crippen LogP contribution in [0.3, 0.4) is 0 Å². The van der Waals surface area contributed by atoms with Crippen molar-refractivity contribution in [1.82, 2.24) is 5.32 Å². The van der Waals surface area contributed by atoms with E-state index in [1.807, 2.05) is 6.92 Å². The second-order valence-electron chi connectivity index (χ2n) is 3.85. The van der Waals surface area contributed by atoms with Gasteiger partial charge < -0.3 is 0 Å². The van der Waals surface area contributed by atoms with E-state index in [1.165, 1.54) is 0 Å². The summed E-state index contributed by atoms with van der Waals surface area (Å²) in [5.41, 5.74) is -0.774. The van der Waals surface area contributed by atoms with E-state index in [0.29, 0.717) is 12.5 Å². The van der Waals surface area contributed by atoms with Gasteiger partial charge >= 0.3 is 6.18 Å². The summed E-state index contributed by atoms with van der Waals surface area (Å²) in [6.07, 6.45) is 1.31. The molecule has 0 aromatic heterocycles. The van der Waals surface area contributed by atoms with Crippen LogP contribution in [0.2, 0.25) is 0 Å². The Morgan fingerprint density at radius 2 is 2.00 bits per heavy atom. The molecule has 0 amide bonds. The number of nitrogens with one attached hydrogen (secondary N) is 1. The zero-order valence-corrected chi connectivity index (χ0v) is 9.81. The van der Waals surface area contributed by atoms with Crippen LogP contribution in [-0.4, -0.2) is 6.04 Å². The topological polar surface area (TPSA) is 12.0 Å². The molecule has 0 bridgehead atoms. The Morgan fingerprint density at radius 1 is 1.33 bits per heavy atom. The zero-order valence-electron chi connectivity index (χ0n) is 9.81. The number of alkyl halides is 3. The summed E-state index contributed by atoms with van der Waals surface area (Å²) in [7, 11) is 0. The molecular weight excluding hydrogens is 246 g/mol. The van der Waals surface area contributed by atoms with Crippen LogP contribution in [0, 0.1) is 18.2 Å². The first-order valence-corrected chi connectivity index (χ1v) is 5.43. The van der Waals surface area contributed by atoms with Crippen LogP contribution < -0.4 is 5.32 Å². The minimum Gasteiger partial charge on any atom is -0.300 e. The highest BCUT2D eigenvalue weighted by Crippen LogP contribution is 2.30. The zero-order chi connectivity index (χ0) is 13.8. The maximum absolute atomic E-state index is 13.1. The van der Waals surface area contributed by atoms with Crippen molar-refractivity contribution in [2.45, 2.75) is 32.1 Å². The van der Waals surface area contributed by atoms with Gasteiger partial charge in [0, 0.05) is 6.54 Å². The number of hydrogen-bond donors (Lipinski definition) is 1. The van der Waals surface area contributed by atoms with Gasteiger partial charge in [0.05, 0.1) is 11.6 Å². The van der Waals surface area contributed by atoms with Crippen LogP contribution in [0.4, 0.5) is 17.6 Å². The largest absolute Gasteiger partial charge is 0.416 e. The summed E-state index contributed by atoms with van der Waals surface area (Å²) < 4.78 is 50.5. The first kappa shape index (κ1) is 14.5. The quantitative estimate of drug-likeness (QED) is 0.646. The summed E-state index contributed by atoms with van der Waals surface area (Å²) >= 11 is 0. The summed E-state index contributed by atoms with van der Waals surface area (Å²) in [5.74, 6) is 1.55. The van der Waals surface area contributed by atoms with Crippen molar-refractivity contribution >= 4 is 0 Å². The summed E-state index contributed by atoms with van der Waals surface area (Å²) in [6, 6.07) is 2.22. The summed E-state index contributed by atoms with van der Waals surface area (Å²) in [5, 5.41) is 2.87. The molecule has 1 atom stereocenters. The van der Waals surface area contributed by atoms with Gasteiger partial charge in [-0.3, -0.25) is 5.32 Å². The van der Waals surface area contributed by atoms with Crippen molar-refractivity contribution in [3.8, 4) is 12.3 Å². The lowest BCUT2D eigenvalue weighted by atomic mass is 10.1. The highest BCUT2D eigenvalue weighted by atomic mass is 19.4. The molecule has 0 aliphatic carbocycles. The molecule has 0 spiro atoms. The van der Waals surface area contributed by atoms with E-state index in [9.17, 15) is 17.6 Å². The SMILES string of the molecule is C#CC(CC)NCc1cc(F)cc(C(F)(F)F)c1. The molecule has 1 rings (SSSR count). The Labute approximate surface area is 103 Å². The molecule has 0 fully saturated rings. The molecule has 0 heterocycles. The van der Waals surface area contributed by atoms with E-state index >= 15 is 0 Å². The molecule has 98 valence electrons. The Morgan fingerprint density at radius 3 is 2.50 bits per heavy atom. The van der Waals surface area contributed by atoms with E-state index < -0.39 is 17.6 Å². The van der Waals surface area contributed by atoms with Crippen molar-refractivity contribution in [2.24, 2.45) is 0 Å². The molecule has 1 unspecified atom stereocenters. The van der Waals surface area contributed by atoms with Gasteiger partial charge in [0.25, 0.3) is 0 Å². The predicted molar refractivity (Wildman–Crippen MR) is 61.2 cm³/mol. The second kappa shape index (κ2) is 5.87. The van der Waals surface area contributed by atoms with Crippen LogP contribution in [0.5, 0.6) is 0 Å². The molecular formula is C13H13F4N. The fourth-order valence-corrected chi connectivity index (χ4v) is 1.48. The van der Waals surface area contributed by atoms with Crippen LogP contribution in [0.1, 0.15) is 24.5 Å². The van der Waals surface area contributed by atoms with Crippen LogP contribution in [-0.2, 0) is 12.7 Å². The Kier molecular flexibility index (Phi) is 4.74. The number of hydrogen-bond acceptors (Lipinski definition) is 1. The fraction of sp³-hybridized carbons (Fsp3) is 0.385. The van der Waals surface area contributed by atoms with Crippen LogP contribution in [0.25, 0.3) is 0 Å². The molecule has 1 N–H and O–H groups in total. The van der Waals surface area contributed by atoms with Crippen molar-refractivity contribution < 1.29 is 17.6 Å². The van der Waals surface area contributed by atoms with E-state index in [1.54, 1.807) is 0 Å². The van der Waals surface area contributed by atoms with Gasteiger partial charge in [0.2, 0.25) is 0 Å². The van der Waals surface area contributed by atoms with Gasteiger partial charge in [-0.15, -0.1) is 6.42 Å². The number of halogens is 4. The summed E-state index contributed by atoms with van der Waals surface area (Å²) in [4.78, 5) is 0. The number of benzene rings is 1. The molecule has 0 aliphatic heterocycles. The van der Waals surface area contributed by atoms with Crippen molar-refractivity contribution in [1.29, 1.82) is 0 Å². The first-order valence-electron chi connectivity index (χ1n) is 5.43. The second-order valence-corrected chi connectivity index (χ2v) is 3.85. The third kappa shape index (κ3) is 4.04. The minimum atomic E-state index is -4.55. The van der Waals surface area contributed by atoms with E-state index in [-0.39, 0.29) is 18.2 Å². The van der Waals surface area contributed by atoms with E-state index in [2.05, 4.69) is 11.2 Å². The molecule has 18 heavy (non-hydrogen) atoms. The van der Waals surface area contributed by atoms with E-state index in [0.717, 1.165) is 12.1 Å². The average molecular weight is 259 g/mol. The average Bonchev–Trinajstić information content (AvgIpc) is 2.28. The lowest BCUT2D eigenvalue weighted by molar-refractivity contribution is -0.137. The molecule has 1 aromatic carbocycles. The normalized spacial score (nSPS) is 13.1. The van der Waals surface area contributed by atoms with Crippen LogP contribution in [0.15, 0.2) is 18.2 Å². The van der Waals surface area contributed by atoms with E-state index in [4.69, 9.17) is 6.42 Å². The molecule has 0 saturated carbocycles. The lowest BCUT2D eigenvalue weighted by Crippen LogP contribution is -2.26. The molecule has 0 radical (unpaired) electrons. The van der Waals surface area contributed by atoms with Gasteiger partial charge in [0.15, 0.2) is 0 Å². The van der Waals surface area contributed by atoms with Crippen molar-refractivity contribution in [2.75, 3.05) is 0 Å². The molecule has 1 nitrogen and oxygen atoms in total. The number of terminal acetylenes is 1. The highest BCUT2D eigenvalue weighted by molar-refractivity contribution is 5.27. The van der Waals surface area contributed by atoms with Gasteiger partial charge in [-0.25, -0.2) is 4.39 Å². The Balaban J connectivity index is 2.85. The molecule has 0 saturated heterocycles. The first-order chi connectivity index (χ1) is 8.36. The highest BCUT2D eigenvalue weighted by Gasteiger charge is 2.31. The Bertz CT molecular complexity index is 445. The maximum atomic E-state index is 13.1. The Hall–Kier alpha value is -1.54. The third-order valence-electron chi connectivity index (χ3n) is 2.45. The van der Waals surface area contributed by atoms with Gasteiger partial charge in [0.1, 0.15) is 5.82 Å². The van der Waals surface area contributed by atoms with Crippen molar-refractivity contribution in [3.63, 3.8) is 0 Å². The number of rotatable bonds is 4. The van der Waals surface area contributed by atoms with Gasteiger partial charge in [-0.05, 0) is 30.2 Å².